The highest BCUT2D eigenvalue weighted by Crippen LogP contribution is 2.60. The summed E-state index contributed by atoms with van der Waals surface area (Å²) in [4.78, 5) is 13.0. The highest BCUT2D eigenvalue weighted by Gasteiger charge is 2.59. The maximum absolute atomic E-state index is 13.0. The van der Waals surface area contributed by atoms with Crippen LogP contribution in [-0.2, 0) is 4.79 Å². The first-order valence-corrected chi connectivity index (χ1v) is 11.8. The smallest absolute Gasteiger partial charge is 0.226 e. The zero-order chi connectivity index (χ0) is 22.8. The van der Waals surface area contributed by atoms with E-state index in [9.17, 15) is 15.0 Å². The van der Waals surface area contributed by atoms with Crippen LogP contribution >= 0.6 is 23.2 Å². The van der Waals surface area contributed by atoms with Crippen LogP contribution in [0.3, 0.4) is 0 Å². The Hall–Kier alpha value is -1.75. The number of phenolic OH excluding ortho intramolecular Hbond substituents is 1. The molecule has 2 fully saturated rings. The Kier molecular flexibility index (Phi) is 7.56. The molecule has 2 aromatic carbocycles. The summed E-state index contributed by atoms with van der Waals surface area (Å²) in [6, 6.07) is 12.9. The Labute approximate surface area is 194 Å². The first-order chi connectivity index (χ1) is 14.9. The third-order valence-corrected chi connectivity index (χ3v) is 7.49. The van der Waals surface area contributed by atoms with Crippen molar-refractivity contribution in [3.05, 3.63) is 63.6 Å². The molecule has 0 radical (unpaired) electrons. The molecule has 0 spiro atoms. The number of nitrogens with one attached hydrogen (secondary N) is 1. The van der Waals surface area contributed by atoms with Crippen LogP contribution in [0.15, 0.2) is 42.5 Å². The Morgan fingerprint density at radius 1 is 1.13 bits per heavy atom. The minimum atomic E-state index is -0.585. The van der Waals surface area contributed by atoms with Gasteiger partial charge in [0.15, 0.2) is 0 Å². The van der Waals surface area contributed by atoms with Crippen molar-refractivity contribution in [1.29, 1.82) is 0 Å². The van der Waals surface area contributed by atoms with E-state index in [0.29, 0.717) is 22.9 Å². The number of aliphatic hydroxyl groups excluding tert-OH is 1. The molecule has 0 bridgehead atoms. The van der Waals surface area contributed by atoms with Crippen molar-refractivity contribution in [3.8, 4) is 5.75 Å². The number of aromatic hydroxyl groups is 1. The number of hydrogen-bond donors (Lipinski definition) is 3. The molecular formula is C25H31Cl2NO3. The second-order valence-electron chi connectivity index (χ2n) is 8.35. The fourth-order valence-corrected chi connectivity index (χ4v) is 6.18. The molecule has 2 aromatic rings. The van der Waals surface area contributed by atoms with Gasteiger partial charge in [0.2, 0.25) is 5.91 Å². The molecule has 31 heavy (non-hydrogen) atoms. The number of aliphatic hydroxyl groups is 1. The first kappa shape index (κ1) is 23.9. The van der Waals surface area contributed by atoms with Crippen LogP contribution in [0.1, 0.15) is 63.0 Å². The topological polar surface area (TPSA) is 69.6 Å². The van der Waals surface area contributed by atoms with Gasteiger partial charge in [0.25, 0.3) is 0 Å². The molecule has 1 amide bonds. The molecule has 2 aliphatic rings. The minimum absolute atomic E-state index is 0.0192. The molecule has 3 N–H and O–H groups in total. The van der Waals surface area contributed by atoms with E-state index >= 15 is 0 Å². The summed E-state index contributed by atoms with van der Waals surface area (Å²) in [5, 5.41) is 23.9. The molecule has 168 valence electrons. The third-order valence-electron chi connectivity index (χ3n) is 6.91. The van der Waals surface area contributed by atoms with Crippen LogP contribution < -0.4 is 5.32 Å². The zero-order valence-electron chi connectivity index (χ0n) is 18.2. The van der Waals surface area contributed by atoms with Gasteiger partial charge in [0.1, 0.15) is 5.75 Å². The van der Waals surface area contributed by atoms with E-state index in [0.717, 1.165) is 17.5 Å². The van der Waals surface area contributed by atoms with E-state index in [-0.39, 0.29) is 42.1 Å². The number of hydrogen-bond acceptors (Lipinski definition) is 3. The van der Waals surface area contributed by atoms with Gasteiger partial charge in [-0.2, -0.15) is 0 Å². The zero-order valence-corrected chi connectivity index (χ0v) is 19.7. The molecule has 1 saturated heterocycles. The van der Waals surface area contributed by atoms with Crippen molar-refractivity contribution in [1.82, 2.24) is 5.32 Å². The molecule has 5 atom stereocenters. The van der Waals surface area contributed by atoms with Gasteiger partial charge in [-0.1, -0.05) is 55.2 Å². The molecule has 0 aromatic heterocycles. The monoisotopic (exact) mass is 463 g/mol. The summed E-state index contributed by atoms with van der Waals surface area (Å²) in [5.74, 6) is 0.323. The predicted octanol–water partition coefficient (Wildman–Crippen LogP) is 5.89. The van der Waals surface area contributed by atoms with Gasteiger partial charge < -0.3 is 15.5 Å². The molecule has 1 heterocycles. The van der Waals surface area contributed by atoms with Crippen molar-refractivity contribution < 1.29 is 15.0 Å². The molecule has 6 heteroatoms. The van der Waals surface area contributed by atoms with E-state index < -0.39 is 5.41 Å². The van der Waals surface area contributed by atoms with Gasteiger partial charge in [-0.3, -0.25) is 4.79 Å². The van der Waals surface area contributed by atoms with Crippen LogP contribution in [0, 0.1) is 11.3 Å². The lowest BCUT2D eigenvalue weighted by atomic mass is 9.54. The largest absolute Gasteiger partial charge is 0.508 e. The van der Waals surface area contributed by atoms with Gasteiger partial charge in [0, 0.05) is 28.6 Å². The van der Waals surface area contributed by atoms with E-state index in [1.54, 1.807) is 12.1 Å². The molecular weight excluding hydrogens is 433 g/mol. The number of carbonyl (C=O) groups is 1. The Bertz CT molecular complexity index is 917. The summed E-state index contributed by atoms with van der Waals surface area (Å²) in [7, 11) is 0. The van der Waals surface area contributed by atoms with Crippen LogP contribution in [0.2, 0.25) is 10.0 Å². The second-order valence-corrected chi connectivity index (χ2v) is 9.19. The van der Waals surface area contributed by atoms with Gasteiger partial charge in [-0.15, -0.1) is 0 Å². The second kappa shape index (κ2) is 9.81. The molecule has 1 aliphatic carbocycles. The lowest BCUT2D eigenvalue weighted by Gasteiger charge is -2.47. The van der Waals surface area contributed by atoms with Gasteiger partial charge >= 0.3 is 0 Å². The predicted molar refractivity (Wildman–Crippen MR) is 126 cm³/mol. The summed E-state index contributed by atoms with van der Waals surface area (Å²) in [6.07, 6.45) is 1.92. The van der Waals surface area contributed by atoms with Crippen LogP contribution in [0.25, 0.3) is 0 Å². The summed E-state index contributed by atoms with van der Waals surface area (Å²) in [6.45, 7) is 6.03. The number of phenols is 1. The summed E-state index contributed by atoms with van der Waals surface area (Å²) >= 11 is 12.7. The highest BCUT2D eigenvalue weighted by atomic mass is 35.5. The Morgan fingerprint density at radius 2 is 1.81 bits per heavy atom. The molecule has 4 rings (SSSR count). The molecule has 1 saturated carbocycles. The lowest BCUT2D eigenvalue weighted by molar-refractivity contribution is -0.132. The van der Waals surface area contributed by atoms with E-state index in [2.05, 4.69) is 5.32 Å². The minimum Gasteiger partial charge on any atom is -0.508 e. The van der Waals surface area contributed by atoms with Crippen LogP contribution in [-0.4, -0.2) is 28.8 Å². The standard InChI is InChI=1S/C23H25Cl2NO3.C2H6/c1-13-21-20(14-2-4-15(24)5-3-14)18(17-7-6-16(28)12-19(17)25)8-9-23(21,10-11-27)22(29)26-13;1-2/h2-7,12-13,18,20-21,27-28H,8-11H2,1H3,(H,26,29);1-2H3. The van der Waals surface area contributed by atoms with Crippen molar-refractivity contribution in [2.75, 3.05) is 6.61 Å². The average molecular weight is 464 g/mol. The Balaban J connectivity index is 0.00000132. The van der Waals surface area contributed by atoms with Crippen molar-refractivity contribution in [3.63, 3.8) is 0 Å². The number of fused-ring (bicyclic) bond motifs is 1. The fourth-order valence-electron chi connectivity index (χ4n) is 5.74. The van der Waals surface area contributed by atoms with Crippen molar-refractivity contribution in [2.24, 2.45) is 11.3 Å². The number of carbonyl (C=O) groups excluding carboxylic acids is 1. The molecule has 5 unspecified atom stereocenters. The maximum Gasteiger partial charge on any atom is 0.226 e. The quantitative estimate of drug-likeness (QED) is 0.529. The Morgan fingerprint density at radius 3 is 2.42 bits per heavy atom. The maximum atomic E-state index is 13.0. The van der Waals surface area contributed by atoms with E-state index in [4.69, 9.17) is 23.2 Å². The van der Waals surface area contributed by atoms with E-state index in [1.165, 1.54) is 0 Å². The number of amides is 1. The number of benzene rings is 2. The molecule has 1 aliphatic heterocycles. The first-order valence-electron chi connectivity index (χ1n) is 11.0. The van der Waals surface area contributed by atoms with Crippen molar-refractivity contribution in [2.45, 2.75) is 57.9 Å². The highest BCUT2D eigenvalue weighted by molar-refractivity contribution is 6.31. The third kappa shape index (κ3) is 4.30. The van der Waals surface area contributed by atoms with Crippen LogP contribution in [0.5, 0.6) is 5.75 Å². The summed E-state index contributed by atoms with van der Waals surface area (Å²) in [5.41, 5.74) is 1.51. The number of rotatable bonds is 4. The molecule has 4 nitrogen and oxygen atoms in total. The van der Waals surface area contributed by atoms with Crippen LogP contribution in [0.4, 0.5) is 0 Å². The van der Waals surface area contributed by atoms with Gasteiger partial charge in [-0.05, 0) is 73.4 Å². The van der Waals surface area contributed by atoms with E-state index in [1.807, 2.05) is 51.1 Å². The fraction of sp³-hybridized carbons (Fsp3) is 0.480. The lowest BCUT2D eigenvalue weighted by Crippen LogP contribution is -2.44. The van der Waals surface area contributed by atoms with Gasteiger partial charge in [-0.25, -0.2) is 0 Å². The normalized spacial score (nSPS) is 29.5. The number of halogens is 2. The van der Waals surface area contributed by atoms with Gasteiger partial charge in [0.05, 0.1) is 5.41 Å². The summed E-state index contributed by atoms with van der Waals surface area (Å²) < 4.78 is 0. The average Bonchev–Trinajstić information content (AvgIpc) is 3.00. The SMILES string of the molecule is CC.CC1NC(=O)C2(CCO)CCC(c3ccc(O)cc3Cl)C(c3ccc(Cl)cc3)C12. The van der Waals surface area contributed by atoms with Crippen molar-refractivity contribution >= 4 is 29.1 Å².